The van der Waals surface area contributed by atoms with E-state index in [1.54, 1.807) is 0 Å². The van der Waals surface area contributed by atoms with Gasteiger partial charge in [-0.2, -0.15) is 0 Å². The molecule has 0 aromatic heterocycles. The van der Waals surface area contributed by atoms with Crippen LogP contribution in [0.2, 0.25) is 0 Å². The first kappa shape index (κ1) is 15.1. The molecule has 0 radical (unpaired) electrons. The molecule has 2 rings (SSSR count). The molecule has 0 saturated carbocycles. The largest absolute Gasteiger partial charge is 0.469 e. The average molecular weight is 300 g/mol. The van der Waals surface area contributed by atoms with Crippen LogP contribution in [0.3, 0.4) is 0 Å². The molecule has 1 saturated heterocycles. The predicted octanol–water partition coefficient (Wildman–Crippen LogP) is 2.26. The van der Waals surface area contributed by atoms with Gasteiger partial charge in [0.1, 0.15) is 5.69 Å². The van der Waals surface area contributed by atoms with Gasteiger partial charge in [-0.05, 0) is 12.3 Å². The molecule has 114 valence electrons. The van der Waals surface area contributed by atoms with E-state index in [1.165, 1.54) is 12.0 Å². The molecule has 1 aliphatic rings. The maximum atomic E-state index is 13.9. The summed E-state index contributed by atoms with van der Waals surface area (Å²) in [7, 11) is 1.28. The molecule has 1 fully saturated rings. The third-order valence-electron chi connectivity index (χ3n) is 3.50. The van der Waals surface area contributed by atoms with Crippen molar-refractivity contribution in [2.24, 2.45) is 5.92 Å². The summed E-state index contributed by atoms with van der Waals surface area (Å²) in [6.07, 6.45) is 0.786. The van der Waals surface area contributed by atoms with Crippen molar-refractivity contribution in [3.8, 4) is 0 Å². The smallest absolute Gasteiger partial charge is 0.305 e. The topological polar surface area (TPSA) is 72.7 Å². The van der Waals surface area contributed by atoms with E-state index in [9.17, 15) is 23.7 Å². The van der Waals surface area contributed by atoms with E-state index in [-0.39, 0.29) is 24.0 Å². The number of nitro benzene ring substituents is 1. The van der Waals surface area contributed by atoms with Crippen molar-refractivity contribution < 1.29 is 23.2 Å². The summed E-state index contributed by atoms with van der Waals surface area (Å²) in [4.78, 5) is 22.4. The van der Waals surface area contributed by atoms with Gasteiger partial charge < -0.3 is 9.64 Å². The van der Waals surface area contributed by atoms with Gasteiger partial charge in [-0.1, -0.05) is 0 Å². The van der Waals surface area contributed by atoms with E-state index >= 15 is 0 Å². The van der Waals surface area contributed by atoms with Gasteiger partial charge >= 0.3 is 5.97 Å². The molecule has 1 aromatic rings. The van der Waals surface area contributed by atoms with Crippen LogP contribution < -0.4 is 4.90 Å². The Kier molecular flexibility index (Phi) is 4.35. The zero-order valence-electron chi connectivity index (χ0n) is 11.3. The number of non-ortho nitro benzene ring substituents is 1. The Balaban J connectivity index is 2.16. The quantitative estimate of drug-likeness (QED) is 0.484. The Labute approximate surface area is 119 Å². The van der Waals surface area contributed by atoms with E-state index in [4.69, 9.17) is 0 Å². The average Bonchev–Trinajstić information content (AvgIpc) is 2.85. The van der Waals surface area contributed by atoms with Gasteiger partial charge in [0.25, 0.3) is 5.69 Å². The lowest BCUT2D eigenvalue weighted by Gasteiger charge is -2.19. The first-order chi connectivity index (χ1) is 9.92. The Hall–Kier alpha value is -2.25. The monoisotopic (exact) mass is 300 g/mol. The van der Waals surface area contributed by atoms with Crippen molar-refractivity contribution in [2.75, 3.05) is 25.1 Å². The van der Waals surface area contributed by atoms with E-state index in [0.717, 1.165) is 0 Å². The molecule has 6 nitrogen and oxygen atoms in total. The van der Waals surface area contributed by atoms with Gasteiger partial charge in [0.15, 0.2) is 11.6 Å². The maximum absolute atomic E-state index is 13.9. The van der Waals surface area contributed by atoms with Crippen molar-refractivity contribution in [3.05, 3.63) is 33.9 Å². The lowest BCUT2D eigenvalue weighted by atomic mass is 10.1. The number of halogens is 2. The molecule has 0 unspecified atom stereocenters. The number of anilines is 1. The van der Waals surface area contributed by atoms with E-state index < -0.39 is 22.2 Å². The Morgan fingerprint density at radius 2 is 2.10 bits per heavy atom. The highest BCUT2D eigenvalue weighted by atomic mass is 19.1. The summed E-state index contributed by atoms with van der Waals surface area (Å²) in [6, 6.07) is 1.40. The minimum atomic E-state index is -0.972. The lowest BCUT2D eigenvalue weighted by molar-refractivity contribution is -0.385. The number of nitrogens with zero attached hydrogens (tertiary/aromatic N) is 2. The van der Waals surface area contributed by atoms with Crippen LogP contribution in [0.4, 0.5) is 20.2 Å². The molecular weight excluding hydrogens is 286 g/mol. The second kappa shape index (κ2) is 6.02. The summed E-state index contributed by atoms with van der Waals surface area (Å²) < 4.78 is 32.4. The second-order valence-electron chi connectivity index (χ2n) is 4.90. The number of hydrogen-bond donors (Lipinski definition) is 0. The molecule has 1 atom stereocenters. The molecule has 0 spiro atoms. The number of nitro groups is 1. The molecule has 1 heterocycles. The van der Waals surface area contributed by atoms with Crippen molar-refractivity contribution in [2.45, 2.75) is 12.8 Å². The van der Waals surface area contributed by atoms with Crippen molar-refractivity contribution in [3.63, 3.8) is 0 Å². The number of carbonyl (C=O) groups is 1. The molecular formula is C13H14F2N2O4. The highest BCUT2D eigenvalue weighted by Gasteiger charge is 2.29. The summed E-state index contributed by atoms with van der Waals surface area (Å²) >= 11 is 0. The number of methoxy groups -OCH3 is 1. The fourth-order valence-corrected chi connectivity index (χ4v) is 2.48. The van der Waals surface area contributed by atoms with Crippen LogP contribution >= 0.6 is 0 Å². The van der Waals surface area contributed by atoms with Crippen LogP contribution in [0.25, 0.3) is 0 Å². The molecule has 1 aromatic carbocycles. The van der Waals surface area contributed by atoms with Crippen LogP contribution in [-0.2, 0) is 9.53 Å². The number of carbonyl (C=O) groups excluding carboxylic acids is 1. The first-order valence-corrected chi connectivity index (χ1v) is 6.37. The Bertz CT molecular complexity index is 556. The SMILES string of the molecule is COC(=O)C[C@H]1CCN(c2c(F)cc([N+](=O)[O-])cc2F)C1. The van der Waals surface area contributed by atoms with E-state index in [1.807, 2.05) is 0 Å². The maximum Gasteiger partial charge on any atom is 0.305 e. The van der Waals surface area contributed by atoms with E-state index in [0.29, 0.717) is 31.6 Å². The zero-order chi connectivity index (χ0) is 15.6. The number of hydrogen-bond acceptors (Lipinski definition) is 5. The summed E-state index contributed by atoms with van der Waals surface area (Å²) in [5.41, 5.74) is -0.910. The fraction of sp³-hybridized carbons (Fsp3) is 0.462. The molecule has 0 amide bonds. The number of esters is 1. The minimum absolute atomic E-state index is 0.0496. The number of rotatable bonds is 4. The molecule has 0 aliphatic carbocycles. The highest BCUT2D eigenvalue weighted by molar-refractivity contribution is 5.69. The highest BCUT2D eigenvalue weighted by Crippen LogP contribution is 2.32. The van der Waals surface area contributed by atoms with Crippen molar-refractivity contribution >= 4 is 17.3 Å². The van der Waals surface area contributed by atoms with Gasteiger partial charge in [-0.15, -0.1) is 0 Å². The third-order valence-corrected chi connectivity index (χ3v) is 3.50. The molecule has 21 heavy (non-hydrogen) atoms. The minimum Gasteiger partial charge on any atom is -0.469 e. The molecule has 8 heteroatoms. The van der Waals surface area contributed by atoms with Gasteiger partial charge in [-0.25, -0.2) is 8.78 Å². The molecule has 0 bridgehead atoms. The lowest BCUT2D eigenvalue weighted by Crippen LogP contribution is -2.23. The van der Waals surface area contributed by atoms with Crippen molar-refractivity contribution in [1.82, 2.24) is 0 Å². The zero-order valence-corrected chi connectivity index (χ0v) is 11.3. The van der Waals surface area contributed by atoms with Crippen LogP contribution in [-0.4, -0.2) is 31.1 Å². The predicted molar refractivity (Wildman–Crippen MR) is 70.0 cm³/mol. The van der Waals surface area contributed by atoms with Crippen LogP contribution in [0.1, 0.15) is 12.8 Å². The summed E-state index contributed by atoms with van der Waals surface area (Å²) in [6.45, 7) is 0.689. The Morgan fingerprint density at radius 3 is 2.62 bits per heavy atom. The van der Waals surface area contributed by atoms with E-state index in [2.05, 4.69) is 4.74 Å². The van der Waals surface area contributed by atoms with Gasteiger partial charge in [0, 0.05) is 13.1 Å². The Morgan fingerprint density at radius 1 is 1.48 bits per heavy atom. The molecule has 1 aliphatic heterocycles. The normalized spacial score (nSPS) is 17.9. The van der Waals surface area contributed by atoms with Crippen LogP contribution in [0, 0.1) is 27.7 Å². The number of ether oxygens (including phenoxy) is 1. The van der Waals surface area contributed by atoms with Crippen LogP contribution in [0.5, 0.6) is 0 Å². The second-order valence-corrected chi connectivity index (χ2v) is 4.90. The fourth-order valence-electron chi connectivity index (χ4n) is 2.48. The standard InChI is InChI=1S/C13H14F2N2O4/c1-21-12(18)4-8-2-3-16(7-8)13-10(14)5-9(17(19)20)6-11(13)15/h5-6,8H,2-4,7H2,1H3/t8-/m1/s1. The van der Waals surface area contributed by atoms with Gasteiger partial charge in [0.2, 0.25) is 0 Å². The molecule has 0 N–H and O–H groups in total. The summed E-state index contributed by atoms with van der Waals surface area (Å²) in [5, 5.41) is 10.6. The van der Waals surface area contributed by atoms with Crippen molar-refractivity contribution in [1.29, 1.82) is 0 Å². The van der Waals surface area contributed by atoms with Gasteiger partial charge in [-0.3, -0.25) is 14.9 Å². The third kappa shape index (κ3) is 3.26. The van der Waals surface area contributed by atoms with Gasteiger partial charge in [0.05, 0.1) is 30.6 Å². The number of benzene rings is 1. The summed E-state index contributed by atoms with van der Waals surface area (Å²) in [5.74, 6) is -2.36. The first-order valence-electron chi connectivity index (χ1n) is 6.37. The van der Waals surface area contributed by atoms with Crippen LogP contribution in [0.15, 0.2) is 12.1 Å².